The average Bonchev–Trinajstić information content (AvgIpc) is 2.82. The Bertz CT molecular complexity index is 927. The molecule has 32 heavy (non-hydrogen) atoms. The number of ether oxygens (including phenoxy) is 2. The van der Waals surface area contributed by atoms with Crippen LogP contribution >= 0.6 is 35.8 Å². The number of rotatable bonds is 6. The van der Waals surface area contributed by atoms with Gasteiger partial charge in [-0.05, 0) is 43.9 Å². The normalized spacial score (nSPS) is 17.6. The highest BCUT2D eigenvalue weighted by Crippen LogP contribution is 2.49. The second kappa shape index (κ2) is 12.3. The van der Waals surface area contributed by atoms with Crippen LogP contribution in [0, 0.1) is 0 Å². The fourth-order valence-corrected chi connectivity index (χ4v) is 4.90. The van der Waals surface area contributed by atoms with E-state index in [-0.39, 0.29) is 23.8 Å². The molecule has 2 aromatic rings. The smallest absolute Gasteiger partial charge is 0.303 e. The molecule has 1 heterocycles. The van der Waals surface area contributed by atoms with Crippen molar-refractivity contribution in [3.05, 3.63) is 53.1 Å². The SMILES string of the molecule is COc1ccc(C2Sc3c(Cl)cccc3N(CCN(C)C)C(=O)C2OC(C)=O)cc1.Cl.O. The number of carbonyl (C=O) groups excluding carboxylic acids is 2. The van der Waals surface area contributed by atoms with Crippen LogP contribution in [0.2, 0.25) is 5.02 Å². The van der Waals surface area contributed by atoms with Gasteiger partial charge in [0, 0.05) is 20.0 Å². The highest BCUT2D eigenvalue weighted by Gasteiger charge is 2.41. The van der Waals surface area contributed by atoms with E-state index in [9.17, 15) is 9.59 Å². The third-order valence-electron chi connectivity index (χ3n) is 4.77. The van der Waals surface area contributed by atoms with E-state index >= 15 is 0 Å². The van der Waals surface area contributed by atoms with Crippen LogP contribution in [0.4, 0.5) is 5.69 Å². The molecule has 10 heteroatoms. The third kappa shape index (κ3) is 6.30. The van der Waals surface area contributed by atoms with E-state index in [1.54, 1.807) is 18.1 Å². The summed E-state index contributed by atoms with van der Waals surface area (Å²) in [6, 6.07) is 12.9. The molecule has 1 aliphatic heterocycles. The standard InChI is InChI=1S/C22H25ClN2O4S.ClH.H2O/c1-14(26)29-19-20(15-8-10-16(28-4)11-9-15)30-21-17(23)6-5-7-18(21)25(22(19)27)13-12-24(2)3;;/h5-11,19-20H,12-13H2,1-4H3;1H;1H2. The number of esters is 1. The minimum atomic E-state index is -0.980. The Morgan fingerprint density at radius 2 is 1.84 bits per heavy atom. The number of benzene rings is 2. The van der Waals surface area contributed by atoms with Crippen molar-refractivity contribution in [2.24, 2.45) is 0 Å². The molecule has 0 aliphatic carbocycles. The number of hydrogen-bond donors (Lipinski definition) is 0. The molecule has 1 aliphatic rings. The monoisotopic (exact) mass is 502 g/mol. The first-order valence-corrected chi connectivity index (χ1v) is 10.8. The van der Waals surface area contributed by atoms with E-state index in [1.165, 1.54) is 18.7 Å². The summed E-state index contributed by atoms with van der Waals surface area (Å²) in [6.45, 7) is 2.42. The number of likely N-dealkylation sites (N-methyl/N-ethyl adjacent to an activating group) is 1. The molecule has 0 bridgehead atoms. The summed E-state index contributed by atoms with van der Waals surface area (Å²) < 4.78 is 10.8. The van der Waals surface area contributed by atoms with Crippen LogP contribution < -0.4 is 9.64 Å². The van der Waals surface area contributed by atoms with Crippen molar-refractivity contribution in [3.8, 4) is 5.75 Å². The van der Waals surface area contributed by atoms with Gasteiger partial charge in [-0.15, -0.1) is 24.2 Å². The molecule has 2 aromatic carbocycles. The summed E-state index contributed by atoms with van der Waals surface area (Å²) in [5, 5.41) is 0.109. The summed E-state index contributed by atoms with van der Waals surface area (Å²) in [6.07, 6.45) is -0.980. The molecule has 0 fully saturated rings. The van der Waals surface area contributed by atoms with Gasteiger partial charge in [-0.2, -0.15) is 0 Å². The van der Waals surface area contributed by atoms with Gasteiger partial charge < -0.3 is 24.7 Å². The predicted octanol–water partition coefficient (Wildman–Crippen LogP) is 3.62. The number of hydrogen-bond acceptors (Lipinski definition) is 6. The van der Waals surface area contributed by atoms with Crippen molar-refractivity contribution in [3.63, 3.8) is 0 Å². The average molecular weight is 503 g/mol. The first-order valence-electron chi connectivity index (χ1n) is 9.54. The molecule has 2 atom stereocenters. The van der Waals surface area contributed by atoms with Crippen molar-refractivity contribution < 1.29 is 24.5 Å². The lowest BCUT2D eigenvalue weighted by Gasteiger charge is -2.28. The number of methoxy groups -OCH3 is 1. The van der Waals surface area contributed by atoms with Crippen molar-refractivity contribution in [2.75, 3.05) is 39.2 Å². The zero-order valence-corrected chi connectivity index (χ0v) is 20.7. The Balaban J connectivity index is 0.00000256. The topological polar surface area (TPSA) is 90.6 Å². The van der Waals surface area contributed by atoms with Gasteiger partial charge in [0.2, 0.25) is 0 Å². The zero-order valence-electron chi connectivity index (χ0n) is 18.3. The number of nitrogens with zero attached hydrogens (tertiary/aromatic N) is 2. The first kappa shape index (κ1) is 28.1. The summed E-state index contributed by atoms with van der Waals surface area (Å²) in [5.74, 6) is -0.0581. The molecule has 0 radical (unpaired) electrons. The Morgan fingerprint density at radius 3 is 2.41 bits per heavy atom. The maximum atomic E-state index is 13.6. The van der Waals surface area contributed by atoms with Crippen molar-refractivity contribution in [1.82, 2.24) is 4.90 Å². The summed E-state index contributed by atoms with van der Waals surface area (Å²) in [7, 11) is 5.48. The number of thioether (sulfide) groups is 1. The van der Waals surface area contributed by atoms with Crippen LogP contribution in [0.3, 0.4) is 0 Å². The minimum Gasteiger partial charge on any atom is -0.497 e. The number of halogens is 2. The lowest BCUT2D eigenvalue weighted by atomic mass is 10.1. The molecule has 7 nitrogen and oxygen atoms in total. The first-order chi connectivity index (χ1) is 14.3. The molecule has 2 unspecified atom stereocenters. The van der Waals surface area contributed by atoms with Gasteiger partial charge in [0.05, 0.1) is 28.0 Å². The third-order valence-corrected chi connectivity index (χ3v) is 6.64. The number of amides is 1. The zero-order chi connectivity index (χ0) is 21.8. The molecule has 176 valence electrons. The van der Waals surface area contributed by atoms with E-state index < -0.39 is 17.3 Å². The molecule has 0 saturated carbocycles. The Hall–Kier alpha value is -1.97. The molecule has 0 saturated heterocycles. The molecule has 3 rings (SSSR count). The summed E-state index contributed by atoms with van der Waals surface area (Å²) in [5.41, 5.74) is 1.58. The van der Waals surface area contributed by atoms with Crippen LogP contribution in [-0.4, -0.2) is 62.7 Å². The van der Waals surface area contributed by atoms with Crippen molar-refractivity contribution in [2.45, 2.75) is 23.2 Å². The van der Waals surface area contributed by atoms with Gasteiger partial charge in [-0.3, -0.25) is 9.59 Å². The lowest BCUT2D eigenvalue weighted by Crippen LogP contribution is -2.45. The molecule has 1 amide bonds. The van der Waals surface area contributed by atoms with Crippen LogP contribution in [0.5, 0.6) is 5.75 Å². The van der Waals surface area contributed by atoms with Crippen molar-refractivity contribution in [1.29, 1.82) is 0 Å². The van der Waals surface area contributed by atoms with E-state index in [1.807, 2.05) is 55.4 Å². The van der Waals surface area contributed by atoms with Gasteiger partial charge in [0.25, 0.3) is 5.91 Å². The number of fused-ring (bicyclic) bond motifs is 1. The van der Waals surface area contributed by atoms with Crippen LogP contribution in [0.15, 0.2) is 47.4 Å². The highest BCUT2D eigenvalue weighted by atomic mass is 35.5. The lowest BCUT2D eigenvalue weighted by molar-refractivity contribution is -0.152. The second-order valence-corrected chi connectivity index (χ2v) is 8.78. The fraction of sp³-hybridized carbons (Fsp3) is 0.364. The van der Waals surface area contributed by atoms with Crippen LogP contribution in [-0.2, 0) is 14.3 Å². The molecule has 2 N–H and O–H groups in total. The van der Waals surface area contributed by atoms with Gasteiger partial charge in [0.1, 0.15) is 5.75 Å². The van der Waals surface area contributed by atoms with Gasteiger partial charge in [-0.25, -0.2) is 0 Å². The Labute approximate surface area is 203 Å². The van der Waals surface area contributed by atoms with E-state index in [0.717, 1.165) is 16.1 Å². The van der Waals surface area contributed by atoms with Crippen LogP contribution in [0.1, 0.15) is 17.7 Å². The second-order valence-electron chi connectivity index (χ2n) is 7.22. The van der Waals surface area contributed by atoms with Crippen molar-refractivity contribution >= 4 is 53.3 Å². The minimum absolute atomic E-state index is 0. The summed E-state index contributed by atoms with van der Waals surface area (Å²) >= 11 is 7.98. The maximum Gasteiger partial charge on any atom is 0.303 e. The largest absolute Gasteiger partial charge is 0.497 e. The Kier molecular flexibility index (Phi) is 10.8. The number of carbonyl (C=O) groups is 2. The van der Waals surface area contributed by atoms with E-state index in [2.05, 4.69) is 0 Å². The quantitative estimate of drug-likeness (QED) is 0.560. The van der Waals surface area contributed by atoms with Crippen LogP contribution in [0.25, 0.3) is 0 Å². The Morgan fingerprint density at radius 1 is 1.19 bits per heavy atom. The predicted molar refractivity (Wildman–Crippen MR) is 130 cm³/mol. The molecular formula is C22H28Cl2N2O5S. The van der Waals surface area contributed by atoms with E-state index in [4.69, 9.17) is 21.1 Å². The van der Waals surface area contributed by atoms with E-state index in [0.29, 0.717) is 23.9 Å². The maximum absolute atomic E-state index is 13.6. The van der Waals surface area contributed by atoms with Gasteiger partial charge in [0.15, 0.2) is 6.10 Å². The molecular weight excluding hydrogens is 475 g/mol. The van der Waals surface area contributed by atoms with Gasteiger partial charge >= 0.3 is 5.97 Å². The number of anilines is 1. The fourth-order valence-electron chi connectivity index (χ4n) is 3.28. The molecule has 0 spiro atoms. The highest BCUT2D eigenvalue weighted by molar-refractivity contribution is 8.00. The summed E-state index contributed by atoms with van der Waals surface area (Å²) in [4.78, 5) is 30.0. The molecule has 0 aromatic heterocycles. The van der Waals surface area contributed by atoms with Gasteiger partial charge in [-0.1, -0.05) is 29.8 Å².